The lowest BCUT2D eigenvalue weighted by Crippen LogP contribution is -2.24. The fourth-order valence-electron chi connectivity index (χ4n) is 1.79. The Bertz CT molecular complexity index is 337. The molecular formula is C14H22ClNO. The Balaban J connectivity index is 2.31. The molecule has 2 nitrogen and oxygen atoms in total. The van der Waals surface area contributed by atoms with Gasteiger partial charge in [0.25, 0.3) is 0 Å². The third-order valence-corrected chi connectivity index (χ3v) is 3.24. The maximum atomic E-state index is 6.09. The highest BCUT2D eigenvalue weighted by Crippen LogP contribution is 2.25. The molecule has 0 aromatic heterocycles. The van der Waals surface area contributed by atoms with E-state index in [9.17, 15) is 0 Å². The average Bonchev–Trinajstić information content (AvgIpc) is 2.32. The number of hydrogen-bond acceptors (Lipinski definition) is 2. The Hall–Kier alpha value is -0.730. The number of ether oxygens (including phenoxy) is 1. The average molecular weight is 256 g/mol. The first-order valence-corrected chi connectivity index (χ1v) is 6.61. The number of nitrogens with one attached hydrogen (secondary N) is 1. The van der Waals surface area contributed by atoms with Gasteiger partial charge in [0.05, 0.1) is 11.6 Å². The van der Waals surface area contributed by atoms with Gasteiger partial charge < -0.3 is 10.1 Å². The molecule has 0 fully saturated rings. The molecule has 0 aliphatic carbocycles. The lowest BCUT2D eigenvalue weighted by atomic mass is 10.1. The Morgan fingerprint density at radius 2 is 2.18 bits per heavy atom. The van der Waals surface area contributed by atoms with E-state index >= 15 is 0 Å². The van der Waals surface area contributed by atoms with Gasteiger partial charge in [-0.05, 0) is 50.9 Å². The molecule has 1 unspecified atom stereocenters. The van der Waals surface area contributed by atoms with E-state index < -0.39 is 0 Å². The molecule has 0 aliphatic rings. The van der Waals surface area contributed by atoms with Gasteiger partial charge in [0.15, 0.2) is 0 Å². The molecule has 3 heteroatoms. The maximum Gasteiger partial charge on any atom is 0.137 e. The molecule has 0 heterocycles. The van der Waals surface area contributed by atoms with Crippen LogP contribution in [0.3, 0.4) is 0 Å². The summed E-state index contributed by atoms with van der Waals surface area (Å²) in [5.41, 5.74) is 1.16. The number of halogens is 1. The third kappa shape index (κ3) is 4.97. The molecule has 1 aromatic rings. The smallest absolute Gasteiger partial charge is 0.137 e. The molecule has 1 aromatic carbocycles. The van der Waals surface area contributed by atoms with Crippen molar-refractivity contribution >= 4 is 11.6 Å². The summed E-state index contributed by atoms with van der Waals surface area (Å²) >= 11 is 6.09. The van der Waals surface area contributed by atoms with Crippen LogP contribution >= 0.6 is 11.6 Å². The molecular weight excluding hydrogens is 234 g/mol. The Morgan fingerprint density at radius 1 is 1.41 bits per heavy atom. The second-order valence-electron chi connectivity index (χ2n) is 4.32. The standard InChI is InChI=1S/C14H22ClNO/c1-4-12(16-3)6-5-9-17-14-8-7-11(2)10-13(14)15/h7-8,10,12,16H,4-6,9H2,1-3H3. The van der Waals surface area contributed by atoms with Gasteiger partial charge in [-0.2, -0.15) is 0 Å². The van der Waals surface area contributed by atoms with E-state index in [4.69, 9.17) is 16.3 Å². The zero-order valence-electron chi connectivity index (χ0n) is 10.9. The summed E-state index contributed by atoms with van der Waals surface area (Å²) < 4.78 is 5.67. The van der Waals surface area contributed by atoms with Crippen molar-refractivity contribution in [3.05, 3.63) is 28.8 Å². The molecule has 1 N–H and O–H groups in total. The topological polar surface area (TPSA) is 21.3 Å². The first kappa shape index (κ1) is 14.3. The van der Waals surface area contributed by atoms with Crippen LogP contribution in [0.15, 0.2) is 18.2 Å². The van der Waals surface area contributed by atoms with Gasteiger partial charge >= 0.3 is 0 Å². The summed E-state index contributed by atoms with van der Waals surface area (Å²) in [6.45, 7) is 4.94. The minimum atomic E-state index is 0.590. The fraction of sp³-hybridized carbons (Fsp3) is 0.571. The van der Waals surface area contributed by atoms with Crippen LogP contribution in [0.25, 0.3) is 0 Å². The molecule has 0 radical (unpaired) electrons. The van der Waals surface area contributed by atoms with Crippen molar-refractivity contribution in [2.24, 2.45) is 0 Å². The van der Waals surface area contributed by atoms with Gasteiger partial charge in [-0.25, -0.2) is 0 Å². The molecule has 0 amide bonds. The minimum Gasteiger partial charge on any atom is -0.492 e. The van der Waals surface area contributed by atoms with Crippen molar-refractivity contribution in [3.8, 4) is 5.75 Å². The molecule has 0 aliphatic heterocycles. The van der Waals surface area contributed by atoms with Crippen LogP contribution in [-0.4, -0.2) is 19.7 Å². The van der Waals surface area contributed by atoms with Gasteiger partial charge in [0.2, 0.25) is 0 Å². The van der Waals surface area contributed by atoms with E-state index in [2.05, 4.69) is 12.2 Å². The van der Waals surface area contributed by atoms with Gasteiger partial charge in [0.1, 0.15) is 5.75 Å². The highest BCUT2D eigenvalue weighted by Gasteiger charge is 2.04. The SMILES string of the molecule is CCC(CCCOc1ccc(C)cc1Cl)NC. The Morgan fingerprint density at radius 3 is 2.76 bits per heavy atom. The highest BCUT2D eigenvalue weighted by molar-refractivity contribution is 6.32. The minimum absolute atomic E-state index is 0.590. The third-order valence-electron chi connectivity index (χ3n) is 2.94. The van der Waals surface area contributed by atoms with E-state index in [0.29, 0.717) is 11.1 Å². The first-order chi connectivity index (χ1) is 8.17. The summed E-state index contributed by atoms with van der Waals surface area (Å²) in [5, 5.41) is 3.99. The van der Waals surface area contributed by atoms with Crippen molar-refractivity contribution in [1.29, 1.82) is 0 Å². The van der Waals surface area contributed by atoms with E-state index in [0.717, 1.165) is 37.2 Å². The largest absolute Gasteiger partial charge is 0.492 e. The summed E-state index contributed by atoms with van der Waals surface area (Å²) in [7, 11) is 2.01. The zero-order valence-corrected chi connectivity index (χ0v) is 11.7. The van der Waals surface area contributed by atoms with Crippen LogP contribution < -0.4 is 10.1 Å². The van der Waals surface area contributed by atoms with Crippen molar-refractivity contribution < 1.29 is 4.74 Å². The van der Waals surface area contributed by atoms with Gasteiger partial charge in [-0.3, -0.25) is 0 Å². The second-order valence-corrected chi connectivity index (χ2v) is 4.73. The first-order valence-electron chi connectivity index (χ1n) is 6.23. The van der Waals surface area contributed by atoms with Gasteiger partial charge in [-0.15, -0.1) is 0 Å². The number of hydrogen-bond donors (Lipinski definition) is 1. The van der Waals surface area contributed by atoms with Crippen molar-refractivity contribution in [3.63, 3.8) is 0 Å². The van der Waals surface area contributed by atoms with Crippen molar-refractivity contribution in [2.75, 3.05) is 13.7 Å². The van der Waals surface area contributed by atoms with Crippen molar-refractivity contribution in [1.82, 2.24) is 5.32 Å². The lowest BCUT2D eigenvalue weighted by Gasteiger charge is -2.14. The van der Waals surface area contributed by atoms with Crippen LogP contribution in [0.5, 0.6) is 5.75 Å². The highest BCUT2D eigenvalue weighted by atomic mass is 35.5. The quantitative estimate of drug-likeness (QED) is 0.749. The van der Waals surface area contributed by atoms with Crippen LogP contribution in [0.2, 0.25) is 5.02 Å². The Kier molecular flexibility index (Phi) is 6.38. The predicted molar refractivity (Wildman–Crippen MR) is 74.1 cm³/mol. The van der Waals surface area contributed by atoms with Crippen LogP contribution in [-0.2, 0) is 0 Å². The van der Waals surface area contributed by atoms with Crippen molar-refractivity contribution in [2.45, 2.75) is 39.2 Å². The summed E-state index contributed by atoms with van der Waals surface area (Å²) in [4.78, 5) is 0. The molecule has 0 bridgehead atoms. The molecule has 17 heavy (non-hydrogen) atoms. The van der Waals surface area contributed by atoms with Crippen LogP contribution in [0.1, 0.15) is 31.7 Å². The molecule has 0 saturated heterocycles. The van der Waals surface area contributed by atoms with E-state index in [1.165, 1.54) is 0 Å². The number of rotatable bonds is 7. The fourth-order valence-corrected chi connectivity index (χ4v) is 2.08. The number of benzene rings is 1. The molecule has 1 atom stereocenters. The summed E-state index contributed by atoms with van der Waals surface area (Å²) in [6.07, 6.45) is 3.34. The van der Waals surface area contributed by atoms with Crippen LogP contribution in [0, 0.1) is 6.92 Å². The molecule has 1 rings (SSSR count). The van der Waals surface area contributed by atoms with E-state index in [1.807, 2.05) is 32.2 Å². The number of aryl methyl sites for hydroxylation is 1. The van der Waals surface area contributed by atoms with Gasteiger partial charge in [-0.1, -0.05) is 24.6 Å². The maximum absolute atomic E-state index is 6.09. The second kappa shape index (κ2) is 7.57. The monoisotopic (exact) mass is 255 g/mol. The lowest BCUT2D eigenvalue weighted by molar-refractivity contribution is 0.296. The molecule has 96 valence electrons. The summed E-state index contributed by atoms with van der Waals surface area (Å²) in [5.74, 6) is 0.787. The zero-order chi connectivity index (χ0) is 12.7. The molecule has 0 saturated carbocycles. The van der Waals surface area contributed by atoms with E-state index in [1.54, 1.807) is 0 Å². The van der Waals surface area contributed by atoms with E-state index in [-0.39, 0.29) is 0 Å². The summed E-state index contributed by atoms with van der Waals surface area (Å²) in [6, 6.07) is 6.47. The molecule has 0 spiro atoms. The van der Waals surface area contributed by atoms with Gasteiger partial charge in [0, 0.05) is 6.04 Å². The normalized spacial score (nSPS) is 12.5. The predicted octanol–water partition coefficient (Wildman–Crippen LogP) is 3.81. The van der Waals surface area contributed by atoms with Crippen LogP contribution in [0.4, 0.5) is 0 Å². The Labute approximate surface area is 109 Å².